The predicted molar refractivity (Wildman–Crippen MR) is 68.7 cm³/mol. The number of carbonyl (C=O) groups is 1. The van der Waals surface area contributed by atoms with Crippen molar-refractivity contribution in [3.8, 4) is 5.75 Å². The van der Waals surface area contributed by atoms with Gasteiger partial charge in [-0.2, -0.15) is 5.10 Å². The minimum atomic E-state index is -0.511. The number of anilines is 1. The van der Waals surface area contributed by atoms with Gasteiger partial charge in [-0.25, -0.2) is 4.79 Å². The number of halogens is 1. The normalized spacial score (nSPS) is 10.3. The molecule has 0 amide bonds. The number of nitrogens with zero attached hydrogens (tertiary/aromatic N) is 2. The average Bonchev–Trinajstić information content (AvgIpc) is 2.70. The summed E-state index contributed by atoms with van der Waals surface area (Å²) in [5, 5.41) is 4.48. The van der Waals surface area contributed by atoms with Crippen molar-refractivity contribution in [3.63, 3.8) is 0 Å². The van der Waals surface area contributed by atoms with Gasteiger partial charge in [0.2, 0.25) is 0 Å². The highest BCUT2D eigenvalue weighted by Crippen LogP contribution is 2.18. The monoisotopic (exact) mass is 265 g/mol. The highest BCUT2D eigenvalue weighted by atomic mass is 35.5. The van der Waals surface area contributed by atoms with Crippen molar-refractivity contribution in [2.75, 3.05) is 5.73 Å². The van der Waals surface area contributed by atoms with Crippen LogP contribution in [0.5, 0.6) is 5.75 Å². The van der Waals surface area contributed by atoms with Crippen molar-refractivity contribution in [2.24, 2.45) is 0 Å². The largest absolute Gasteiger partial charge is 0.422 e. The van der Waals surface area contributed by atoms with Crippen LogP contribution in [0.4, 0.5) is 5.82 Å². The van der Waals surface area contributed by atoms with Gasteiger partial charge in [-0.3, -0.25) is 4.68 Å². The van der Waals surface area contributed by atoms with Crippen LogP contribution in [0.2, 0.25) is 5.02 Å². The Balaban J connectivity index is 2.21. The molecule has 0 spiro atoms. The Morgan fingerprint density at radius 1 is 1.50 bits per heavy atom. The van der Waals surface area contributed by atoms with Crippen molar-refractivity contribution in [1.82, 2.24) is 9.78 Å². The van der Waals surface area contributed by atoms with Crippen LogP contribution in [-0.4, -0.2) is 15.7 Å². The molecule has 0 aliphatic heterocycles. The summed E-state index contributed by atoms with van der Waals surface area (Å²) in [4.78, 5) is 11.9. The number of nitrogens with two attached hydrogens (primary N) is 1. The van der Waals surface area contributed by atoms with E-state index in [4.69, 9.17) is 22.1 Å². The first-order valence-corrected chi connectivity index (χ1v) is 5.79. The first kappa shape index (κ1) is 12.4. The Bertz CT molecular complexity index is 580. The highest BCUT2D eigenvalue weighted by molar-refractivity contribution is 6.30. The standard InChI is InChI=1S/C12H12ClN3O2/c1-2-16-10(7-11(14)15-16)12(17)18-9-5-3-4-8(13)6-9/h3-7H,2H2,1H3,(H2,14,15). The van der Waals surface area contributed by atoms with Crippen LogP contribution in [0.1, 0.15) is 17.4 Å². The van der Waals surface area contributed by atoms with Gasteiger partial charge < -0.3 is 10.5 Å². The number of hydrogen-bond donors (Lipinski definition) is 1. The molecule has 0 aliphatic carbocycles. The lowest BCUT2D eigenvalue weighted by Gasteiger charge is -2.05. The second-order valence-electron chi connectivity index (χ2n) is 3.62. The third kappa shape index (κ3) is 2.62. The molecule has 1 aromatic carbocycles. The Labute approximate surface area is 109 Å². The summed E-state index contributed by atoms with van der Waals surface area (Å²) in [6.45, 7) is 2.40. The molecule has 1 aromatic heterocycles. The summed E-state index contributed by atoms with van der Waals surface area (Å²) in [6, 6.07) is 8.11. The molecule has 0 aliphatic rings. The molecule has 0 bridgehead atoms. The summed E-state index contributed by atoms with van der Waals surface area (Å²) < 4.78 is 6.69. The molecule has 0 atom stereocenters. The molecular weight excluding hydrogens is 254 g/mol. The minimum absolute atomic E-state index is 0.287. The maximum atomic E-state index is 11.9. The van der Waals surface area contributed by atoms with Gasteiger partial charge in [0.15, 0.2) is 0 Å². The van der Waals surface area contributed by atoms with Crippen molar-refractivity contribution >= 4 is 23.4 Å². The third-order valence-corrected chi connectivity index (χ3v) is 2.55. The lowest BCUT2D eigenvalue weighted by Crippen LogP contribution is -2.14. The van der Waals surface area contributed by atoms with Gasteiger partial charge >= 0.3 is 5.97 Å². The lowest BCUT2D eigenvalue weighted by atomic mass is 10.3. The summed E-state index contributed by atoms with van der Waals surface area (Å²) in [5.41, 5.74) is 5.86. The Morgan fingerprint density at radius 2 is 2.28 bits per heavy atom. The maximum absolute atomic E-state index is 11.9. The second kappa shape index (κ2) is 5.10. The fraction of sp³-hybridized carbons (Fsp3) is 0.167. The second-order valence-corrected chi connectivity index (χ2v) is 4.05. The van der Waals surface area contributed by atoms with E-state index in [1.54, 1.807) is 24.3 Å². The number of carbonyl (C=O) groups excluding carboxylic acids is 1. The van der Waals surface area contributed by atoms with E-state index in [2.05, 4.69) is 5.10 Å². The molecule has 0 saturated heterocycles. The van der Waals surface area contributed by atoms with Gasteiger partial charge in [0, 0.05) is 17.6 Å². The van der Waals surface area contributed by atoms with Gasteiger partial charge in [-0.05, 0) is 25.1 Å². The minimum Gasteiger partial charge on any atom is -0.422 e. The van der Waals surface area contributed by atoms with Crippen molar-refractivity contribution in [2.45, 2.75) is 13.5 Å². The Kier molecular flexibility index (Phi) is 3.53. The molecule has 6 heteroatoms. The number of esters is 1. The van der Waals surface area contributed by atoms with Crippen LogP contribution in [0, 0.1) is 0 Å². The zero-order chi connectivity index (χ0) is 13.1. The van der Waals surface area contributed by atoms with E-state index in [1.807, 2.05) is 6.92 Å². The van der Waals surface area contributed by atoms with Crippen molar-refractivity contribution in [1.29, 1.82) is 0 Å². The van der Waals surface area contributed by atoms with E-state index >= 15 is 0 Å². The van der Waals surface area contributed by atoms with Gasteiger partial charge in [0.25, 0.3) is 0 Å². The molecule has 2 aromatic rings. The van der Waals surface area contributed by atoms with Crippen LogP contribution in [0.25, 0.3) is 0 Å². The summed E-state index contributed by atoms with van der Waals surface area (Å²) >= 11 is 5.81. The zero-order valence-electron chi connectivity index (χ0n) is 9.76. The summed E-state index contributed by atoms with van der Waals surface area (Å²) in [7, 11) is 0. The van der Waals surface area contributed by atoms with E-state index in [1.165, 1.54) is 10.7 Å². The number of aryl methyl sites for hydroxylation is 1. The van der Waals surface area contributed by atoms with E-state index in [9.17, 15) is 4.79 Å². The first-order chi connectivity index (χ1) is 8.60. The predicted octanol–water partition coefficient (Wildman–Crippen LogP) is 2.36. The van der Waals surface area contributed by atoms with Crippen LogP contribution >= 0.6 is 11.6 Å². The quantitative estimate of drug-likeness (QED) is 0.683. The average molecular weight is 266 g/mol. The van der Waals surface area contributed by atoms with Crippen LogP contribution in [0.3, 0.4) is 0 Å². The molecule has 0 saturated carbocycles. The van der Waals surface area contributed by atoms with Crippen molar-refractivity contribution < 1.29 is 9.53 Å². The van der Waals surface area contributed by atoms with E-state index < -0.39 is 5.97 Å². The molecular formula is C12H12ClN3O2. The van der Waals surface area contributed by atoms with Crippen molar-refractivity contribution in [3.05, 3.63) is 41.0 Å². The fourth-order valence-corrected chi connectivity index (χ4v) is 1.71. The molecule has 0 fully saturated rings. The molecule has 1 heterocycles. The number of ether oxygens (including phenoxy) is 1. The number of hydrogen-bond acceptors (Lipinski definition) is 4. The highest BCUT2D eigenvalue weighted by Gasteiger charge is 2.15. The van der Waals surface area contributed by atoms with Gasteiger partial charge in [-0.15, -0.1) is 0 Å². The van der Waals surface area contributed by atoms with Crippen LogP contribution in [-0.2, 0) is 6.54 Å². The molecule has 0 radical (unpaired) electrons. The van der Waals surface area contributed by atoms with Gasteiger partial charge in [0.05, 0.1) is 0 Å². The smallest absolute Gasteiger partial charge is 0.362 e. The number of aromatic nitrogens is 2. The zero-order valence-corrected chi connectivity index (χ0v) is 10.5. The number of benzene rings is 1. The lowest BCUT2D eigenvalue weighted by molar-refractivity contribution is 0.0722. The van der Waals surface area contributed by atoms with Gasteiger partial charge in [0.1, 0.15) is 17.3 Å². The summed E-state index contributed by atoms with van der Waals surface area (Å²) in [5.74, 6) is 0.160. The number of rotatable bonds is 3. The molecule has 0 unspecified atom stereocenters. The SMILES string of the molecule is CCn1nc(N)cc1C(=O)Oc1cccc(Cl)c1. The number of nitrogen functional groups attached to an aromatic ring is 1. The Morgan fingerprint density at radius 3 is 2.94 bits per heavy atom. The molecule has 2 N–H and O–H groups in total. The summed E-state index contributed by atoms with van der Waals surface area (Å²) in [6.07, 6.45) is 0. The first-order valence-electron chi connectivity index (χ1n) is 5.41. The fourth-order valence-electron chi connectivity index (χ4n) is 1.53. The van der Waals surface area contributed by atoms with Crippen LogP contribution in [0.15, 0.2) is 30.3 Å². The molecule has 94 valence electrons. The van der Waals surface area contributed by atoms with Crippen LogP contribution < -0.4 is 10.5 Å². The third-order valence-electron chi connectivity index (χ3n) is 2.31. The van der Waals surface area contributed by atoms with Gasteiger partial charge in [-0.1, -0.05) is 17.7 Å². The molecule has 5 nitrogen and oxygen atoms in total. The maximum Gasteiger partial charge on any atom is 0.362 e. The van der Waals surface area contributed by atoms with E-state index in [-0.39, 0.29) is 5.82 Å². The molecule has 2 rings (SSSR count). The topological polar surface area (TPSA) is 70.1 Å². The Hall–Kier alpha value is -2.01. The van der Waals surface area contributed by atoms with E-state index in [0.717, 1.165) is 0 Å². The molecule has 18 heavy (non-hydrogen) atoms. The van der Waals surface area contributed by atoms with E-state index in [0.29, 0.717) is 23.0 Å².